The van der Waals surface area contributed by atoms with Crippen molar-refractivity contribution in [3.8, 4) is 5.75 Å². The van der Waals surface area contributed by atoms with E-state index in [-0.39, 0.29) is 0 Å². The Labute approximate surface area is 137 Å². The second kappa shape index (κ2) is 7.66. The summed E-state index contributed by atoms with van der Waals surface area (Å²) in [5.41, 5.74) is 1.12. The quantitative estimate of drug-likeness (QED) is 0.880. The molecule has 0 saturated carbocycles. The molecule has 1 aromatic heterocycles. The summed E-state index contributed by atoms with van der Waals surface area (Å²) in [5, 5.41) is 20.1. The second-order valence-corrected chi connectivity index (χ2v) is 6.41. The third-order valence-corrected chi connectivity index (χ3v) is 4.66. The predicted octanol–water partition coefficient (Wildman–Crippen LogP) is 3.85. The zero-order valence-electron chi connectivity index (χ0n) is 13.4. The Morgan fingerprint density at radius 1 is 1.17 bits per heavy atom. The molecule has 1 aliphatic rings. The molecule has 3 rings (SSSR count). The summed E-state index contributed by atoms with van der Waals surface area (Å²) in [6, 6.07) is 11.4. The molecule has 0 amide bonds. The van der Waals surface area contributed by atoms with Crippen molar-refractivity contribution in [3.63, 3.8) is 0 Å². The van der Waals surface area contributed by atoms with E-state index < -0.39 is 6.10 Å². The number of rotatable bonds is 5. The molecule has 2 N–H and O–H groups in total. The van der Waals surface area contributed by atoms with Crippen LogP contribution in [0.15, 0.2) is 47.1 Å². The Kier molecular flexibility index (Phi) is 5.36. The monoisotopic (exact) mass is 315 g/mol. The molecule has 1 saturated heterocycles. The maximum absolute atomic E-state index is 10.4. The second-order valence-electron chi connectivity index (χ2n) is 6.41. The highest BCUT2D eigenvalue weighted by Crippen LogP contribution is 2.28. The molecule has 2 unspecified atom stereocenters. The molecule has 124 valence electrons. The van der Waals surface area contributed by atoms with E-state index in [4.69, 9.17) is 4.42 Å². The van der Waals surface area contributed by atoms with Crippen LogP contribution in [0.5, 0.6) is 5.75 Å². The van der Waals surface area contributed by atoms with E-state index in [1.807, 2.05) is 30.3 Å². The number of aliphatic hydroxyl groups is 1. The molecule has 0 radical (unpaired) electrons. The Morgan fingerprint density at radius 2 is 2.09 bits per heavy atom. The van der Waals surface area contributed by atoms with Gasteiger partial charge < -0.3 is 14.6 Å². The standard InChI is InChI=1S/C19H25NO3/c21-17-8-4-6-15(12-17)14-20-10-3-1-2-7-16(20)13-18(22)19-9-5-11-23-19/h4-6,8-9,11-12,16,18,21-22H,1-3,7,10,13-14H2. The van der Waals surface area contributed by atoms with Gasteiger partial charge in [0.1, 0.15) is 17.6 Å². The van der Waals surface area contributed by atoms with Gasteiger partial charge in [0.05, 0.1) is 6.26 Å². The zero-order chi connectivity index (χ0) is 16.1. The highest BCUT2D eigenvalue weighted by atomic mass is 16.4. The Balaban J connectivity index is 1.69. The molecule has 0 aliphatic carbocycles. The summed E-state index contributed by atoms with van der Waals surface area (Å²) in [4.78, 5) is 2.44. The number of phenolic OH excluding ortho intramolecular Hbond substituents is 1. The summed E-state index contributed by atoms with van der Waals surface area (Å²) >= 11 is 0. The molecule has 0 bridgehead atoms. The SMILES string of the molecule is Oc1cccc(CN2CCCCCC2CC(O)c2ccco2)c1. The Hall–Kier alpha value is -1.78. The van der Waals surface area contributed by atoms with Gasteiger partial charge in [0, 0.05) is 12.6 Å². The van der Waals surface area contributed by atoms with Gasteiger partial charge in [0.25, 0.3) is 0 Å². The maximum Gasteiger partial charge on any atom is 0.132 e. The van der Waals surface area contributed by atoms with Gasteiger partial charge in [0.2, 0.25) is 0 Å². The highest BCUT2D eigenvalue weighted by molar-refractivity contribution is 5.27. The lowest BCUT2D eigenvalue weighted by molar-refractivity contribution is 0.0830. The van der Waals surface area contributed by atoms with Crippen molar-refractivity contribution >= 4 is 0 Å². The number of nitrogens with zero attached hydrogens (tertiary/aromatic N) is 1. The van der Waals surface area contributed by atoms with Crippen molar-refractivity contribution in [2.45, 2.75) is 50.8 Å². The fourth-order valence-electron chi connectivity index (χ4n) is 3.46. The topological polar surface area (TPSA) is 56.8 Å². The molecule has 2 aromatic rings. The van der Waals surface area contributed by atoms with Crippen LogP contribution in [-0.2, 0) is 6.54 Å². The Bertz CT molecular complexity index is 596. The minimum absolute atomic E-state index is 0.310. The molecule has 0 spiro atoms. The van der Waals surface area contributed by atoms with Gasteiger partial charge in [-0.2, -0.15) is 0 Å². The minimum Gasteiger partial charge on any atom is -0.508 e. The van der Waals surface area contributed by atoms with Crippen molar-refractivity contribution in [2.24, 2.45) is 0 Å². The van der Waals surface area contributed by atoms with Crippen molar-refractivity contribution in [2.75, 3.05) is 6.54 Å². The van der Waals surface area contributed by atoms with E-state index in [0.717, 1.165) is 25.1 Å². The smallest absolute Gasteiger partial charge is 0.132 e. The highest BCUT2D eigenvalue weighted by Gasteiger charge is 2.25. The normalized spacial score (nSPS) is 21.0. The molecule has 2 atom stereocenters. The van der Waals surface area contributed by atoms with Gasteiger partial charge in [-0.25, -0.2) is 0 Å². The largest absolute Gasteiger partial charge is 0.508 e. The molecule has 1 fully saturated rings. The van der Waals surface area contributed by atoms with Crippen LogP contribution in [0.3, 0.4) is 0 Å². The summed E-state index contributed by atoms with van der Waals surface area (Å²) in [7, 11) is 0. The van der Waals surface area contributed by atoms with Crippen LogP contribution in [0.2, 0.25) is 0 Å². The molecule has 4 nitrogen and oxygen atoms in total. The van der Waals surface area contributed by atoms with E-state index >= 15 is 0 Å². The third kappa shape index (κ3) is 4.36. The van der Waals surface area contributed by atoms with Crippen LogP contribution in [-0.4, -0.2) is 27.7 Å². The lowest BCUT2D eigenvalue weighted by Crippen LogP contribution is -2.35. The molecule has 1 aromatic carbocycles. The molecule has 23 heavy (non-hydrogen) atoms. The van der Waals surface area contributed by atoms with Crippen molar-refractivity contribution in [3.05, 3.63) is 54.0 Å². The average Bonchev–Trinajstić information content (AvgIpc) is 2.99. The number of hydrogen-bond acceptors (Lipinski definition) is 4. The van der Waals surface area contributed by atoms with Gasteiger partial charge in [-0.1, -0.05) is 25.0 Å². The lowest BCUT2D eigenvalue weighted by atomic mass is 10.0. The number of aliphatic hydroxyl groups excluding tert-OH is 1. The van der Waals surface area contributed by atoms with E-state index in [0.29, 0.717) is 24.0 Å². The van der Waals surface area contributed by atoms with Crippen LogP contribution < -0.4 is 0 Å². The number of hydrogen-bond donors (Lipinski definition) is 2. The van der Waals surface area contributed by atoms with Crippen LogP contribution in [0, 0.1) is 0 Å². The van der Waals surface area contributed by atoms with E-state index in [1.54, 1.807) is 12.3 Å². The summed E-state index contributed by atoms with van der Waals surface area (Å²) in [6.45, 7) is 1.84. The number of phenols is 1. The van der Waals surface area contributed by atoms with E-state index in [2.05, 4.69) is 4.90 Å². The van der Waals surface area contributed by atoms with Crippen molar-refractivity contribution in [1.82, 2.24) is 4.90 Å². The van der Waals surface area contributed by atoms with Crippen LogP contribution in [0.4, 0.5) is 0 Å². The molecular weight excluding hydrogens is 290 g/mol. The van der Waals surface area contributed by atoms with Gasteiger partial charge in [-0.05, 0) is 55.6 Å². The summed E-state index contributed by atoms with van der Waals surface area (Å²) in [5.74, 6) is 0.955. The number of benzene rings is 1. The first-order valence-electron chi connectivity index (χ1n) is 8.46. The first kappa shape index (κ1) is 16.1. The van der Waals surface area contributed by atoms with Gasteiger partial charge in [0.15, 0.2) is 0 Å². The molecule has 4 heteroatoms. The first-order valence-corrected chi connectivity index (χ1v) is 8.46. The van der Waals surface area contributed by atoms with E-state index in [1.165, 1.54) is 19.3 Å². The van der Waals surface area contributed by atoms with Crippen LogP contribution in [0.25, 0.3) is 0 Å². The Morgan fingerprint density at radius 3 is 2.87 bits per heavy atom. The fraction of sp³-hybridized carbons (Fsp3) is 0.474. The average molecular weight is 315 g/mol. The van der Waals surface area contributed by atoms with Gasteiger partial charge in [-0.3, -0.25) is 4.90 Å². The summed E-state index contributed by atoms with van der Waals surface area (Å²) < 4.78 is 5.34. The van der Waals surface area contributed by atoms with E-state index in [9.17, 15) is 10.2 Å². The molecule has 1 aliphatic heterocycles. The third-order valence-electron chi connectivity index (χ3n) is 4.66. The van der Waals surface area contributed by atoms with Gasteiger partial charge in [-0.15, -0.1) is 0 Å². The zero-order valence-corrected chi connectivity index (χ0v) is 13.4. The van der Waals surface area contributed by atoms with Crippen LogP contribution >= 0.6 is 0 Å². The molecular formula is C19H25NO3. The fourth-order valence-corrected chi connectivity index (χ4v) is 3.46. The van der Waals surface area contributed by atoms with Gasteiger partial charge >= 0.3 is 0 Å². The predicted molar refractivity (Wildman–Crippen MR) is 89.1 cm³/mol. The number of aromatic hydroxyl groups is 1. The number of likely N-dealkylation sites (tertiary alicyclic amines) is 1. The first-order chi connectivity index (χ1) is 11.2. The lowest BCUT2D eigenvalue weighted by Gasteiger charge is -2.31. The van der Waals surface area contributed by atoms with Crippen molar-refractivity contribution < 1.29 is 14.6 Å². The number of furan rings is 1. The van der Waals surface area contributed by atoms with Crippen LogP contribution in [0.1, 0.15) is 49.5 Å². The van der Waals surface area contributed by atoms with Crippen molar-refractivity contribution in [1.29, 1.82) is 0 Å². The summed E-state index contributed by atoms with van der Waals surface area (Å²) in [6.07, 6.45) is 6.46. The maximum atomic E-state index is 10.4. The molecule has 2 heterocycles. The minimum atomic E-state index is -0.556.